The van der Waals surface area contributed by atoms with Crippen molar-refractivity contribution in [3.05, 3.63) is 47.5 Å². The van der Waals surface area contributed by atoms with Crippen LogP contribution in [0.4, 0.5) is 0 Å². The van der Waals surface area contributed by atoms with Crippen LogP contribution in [0.2, 0.25) is 0 Å². The molecule has 1 spiro atoms. The van der Waals surface area contributed by atoms with E-state index in [1.54, 1.807) is 0 Å². The van der Waals surface area contributed by atoms with E-state index in [0.717, 1.165) is 45.1 Å². The largest absolute Gasteiger partial charge is 0.362 e. The third kappa shape index (κ3) is 6.41. The normalized spacial score (nSPS) is 36.1. The summed E-state index contributed by atoms with van der Waals surface area (Å²) in [5.74, 6) is 0.304. The second-order valence-electron chi connectivity index (χ2n) is 15.7. The Morgan fingerprint density at radius 2 is 1.94 bits per heavy atom. The predicted octanol–water partition coefficient (Wildman–Crippen LogP) is 4.02. The molecule has 10 heteroatoms. The average molecular weight is 673 g/mol. The molecule has 2 saturated carbocycles. The van der Waals surface area contributed by atoms with Crippen molar-refractivity contribution in [1.29, 1.82) is 5.26 Å². The summed E-state index contributed by atoms with van der Waals surface area (Å²) in [5, 5.41) is 17.7. The van der Waals surface area contributed by atoms with Crippen LogP contribution in [0, 0.1) is 30.1 Å². The molecule has 2 N–H and O–H groups in total. The van der Waals surface area contributed by atoms with Crippen molar-refractivity contribution < 1.29 is 19.1 Å². The van der Waals surface area contributed by atoms with Crippen molar-refractivity contribution in [1.82, 2.24) is 25.3 Å². The number of carbonyl (C=O) groups excluding carboxylic acids is 2. The van der Waals surface area contributed by atoms with Crippen LogP contribution in [0.1, 0.15) is 87.3 Å². The van der Waals surface area contributed by atoms with Crippen LogP contribution < -0.4 is 10.6 Å². The van der Waals surface area contributed by atoms with Gasteiger partial charge >= 0.3 is 0 Å². The number of nitrogens with zero attached hydrogens (tertiary/aromatic N) is 4. The molecule has 4 aliphatic heterocycles. The first-order valence-corrected chi connectivity index (χ1v) is 19.0. The highest BCUT2D eigenvalue weighted by Crippen LogP contribution is 2.50. The van der Waals surface area contributed by atoms with Crippen molar-refractivity contribution >= 4 is 11.7 Å². The van der Waals surface area contributed by atoms with Crippen molar-refractivity contribution in [2.45, 2.75) is 126 Å². The van der Waals surface area contributed by atoms with E-state index >= 15 is 4.79 Å². The van der Waals surface area contributed by atoms with Crippen molar-refractivity contribution in [2.24, 2.45) is 11.8 Å². The Morgan fingerprint density at radius 3 is 2.67 bits per heavy atom. The van der Waals surface area contributed by atoms with Gasteiger partial charge in [-0.2, -0.15) is 5.26 Å². The minimum atomic E-state index is -0.865. The van der Waals surface area contributed by atoms with Gasteiger partial charge in [-0.3, -0.25) is 25.1 Å². The highest BCUT2D eigenvalue weighted by molar-refractivity contribution is 5.94. The molecule has 2 aliphatic carbocycles. The molecule has 1 aromatic rings. The van der Waals surface area contributed by atoms with E-state index in [-0.39, 0.29) is 30.1 Å². The number of hydrogen-bond donors (Lipinski definition) is 2. The fourth-order valence-corrected chi connectivity index (χ4v) is 10.4. The Labute approximate surface area is 292 Å². The van der Waals surface area contributed by atoms with Crippen LogP contribution >= 0.6 is 0 Å². The molecule has 0 bridgehead atoms. The van der Waals surface area contributed by atoms with Gasteiger partial charge < -0.3 is 19.3 Å². The van der Waals surface area contributed by atoms with Gasteiger partial charge in [0.05, 0.1) is 43.5 Å². The van der Waals surface area contributed by atoms with Gasteiger partial charge in [-0.25, -0.2) is 0 Å². The Morgan fingerprint density at radius 1 is 1.12 bits per heavy atom. The lowest BCUT2D eigenvalue weighted by Gasteiger charge is -2.63. The van der Waals surface area contributed by atoms with E-state index in [4.69, 9.17) is 9.47 Å². The molecular formula is C39H56N6O4. The lowest BCUT2D eigenvalue weighted by atomic mass is 9.61. The minimum absolute atomic E-state index is 0.0189. The molecule has 5 fully saturated rings. The fourth-order valence-electron chi connectivity index (χ4n) is 10.4. The predicted molar refractivity (Wildman–Crippen MR) is 187 cm³/mol. The molecule has 1 aromatic carbocycles. The number of hydrogen-bond acceptors (Lipinski definition) is 9. The van der Waals surface area contributed by atoms with Crippen molar-refractivity contribution in [3.63, 3.8) is 0 Å². The number of carbonyl (C=O) groups is 2. The third-order valence-corrected chi connectivity index (χ3v) is 13.1. The smallest absolute Gasteiger partial charge is 0.246 e. The van der Waals surface area contributed by atoms with Gasteiger partial charge in [-0.05, 0) is 87.7 Å². The number of likely N-dealkylation sites (N-methyl/N-ethyl adjacent to an activating group) is 1. The number of amides is 1. The van der Waals surface area contributed by atoms with Gasteiger partial charge in [0.1, 0.15) is 5.60 Å². The number of rotatable bonds is 7. The molecule has 0 radical (unpaired) electrons. The molecule has 7 rings (SSSR count). The maximum absolute atomic E-state index is 15.2. The summed E-state index contributed by atoms with van der Waals surface area (Å²) in [6.45, 7) is 9.74. The maximum atomic E-state index is 15.2. The summed E-state index contributed by atoms with van der Waals surface area (Å²) >= 11 is 0. The third-order valence-electron chi connectivity index (χ3n) is 13.1. The number of piperazine rings is 1. The number of nitrogens with one attached hydrogen (secondary N) is 2. The van der Waals surface area contributed by atoms with Gasteiger partial charge in [0.2, 0.25) is 5.91 Å². The zero-order valence-corrected chi connectivity index (χ0v) is 29.6. The summed E-state index contributed by atoms with van der Waals surface area (Å²) in [7, 11) is 2.17. The Bertz CT molecular complexity index is 1440. The number of benzene rings is 1. The van der Waals surface area contributed by atoms with E-state index in [0.29, 0.717) is 57.6 Å². The zero-order valence-electron chi connectivity index (χ0n) is 29.6. The number of ether oxygens (including phenoxy) is 2. The molecule has 7 atom stereocenters. The summed E-state index contributed by atoms with van der Waals surface area (Å²) in [6, 6.07) is 8.40. The quantitative estimate of drug-likeness (QED) is 0.328. The SMILES string of the molecule is C=CC(=O)N1CCN(C2(C3CCCCCC3)NC(OCC3CCCN3C)NC3C(=O)[C@]4(CCC32)Cc2cccc(C)c2CO4)CC1CC#N. The molecule has 6 unspecified atom stereocenters. The van der Waals surface area contributed by atoms with Crippen LogP contribution in [0.5, 0.6) is 0 Å². The second kappa shape index (κ2) is 14.5. The fraction of sp³-hybridized carbons (Fsp3) is 0.718. The second-order valence-corrected chi connectivity index (χ2v) is 15.7. The van der Waals surface area contributed by atoms with E-state index in [1.807, 2.05) is 4.90 Å². The molecule has 266 valence electrons. The van der Waals surface area contributed by atoms with Crippen molar-refractivity contribution in [2.75, 3.05) is 39.8 Å². The van der Waals surface area contributed by atoms with Gasteiger partial charge in [0.25, 0.3) is 0 Å². The molecule has 4 heterocycles. The van der Waals surface area contributed by atoms with Crippen LogP contribution in [-0.4, -0.2) is 102 Å². The summed E-state index contributed by atoms with van der Waals surface area (Å²) in [5.41, 5.74) is 2.25. The van der Waals surface area contributed by atoms with E-state index in [2.05, 4.69) is 65.3 Å². The highest BCUT2D eigenvalue weighted by atomic mass is 16.5. The number of likely N-dealkylation sites (tertiary alicyclic amines) is 1. The number of Topliss-reactive ketones (excluding diaryl/α,β-unsaturated/α-hetero) is 1. The maximum Gasteiger partial charge on any atom is 0.246 e. The van der Waals surface area contributed by atoms with Gasteiger partial charge in [-0.15, -0.1) is 0 Å². The average Bonchev–Trinajstić information content (AvgIpc) is 3.33. The van der Waals surface area contributed by atoms with Gasteiger partial charge in [0, 0.05) is 38.0 Å². The molecule has 3 saturated heterocycles. The van der Waals surface area contributed by atoms with E-state index in [1.165, 1.54) is 42.0 Å². The number of ketones is 1. The minimum Gasteiger partial charge on any atom is -0.362 e. The van der Waals surface area contributed by atoms with Crippen LogP contribution in [0.25, 0.3) is 0 Å². The topological polar surface area (TPSA) is 110 Å². The monoisotopic (exact) mass is 672 g/mol. The van der Waals surface area contributed by atoms with Crippen LogP contribution in [0.15, 0.2) is 30.9 Å². The molecule has 1 amide bonds. The highest BCUT2D eigenvalue weighted by Gasteiger charge is 2.63. The lowest BCUT2D eigenvalue weighted by molar-refractivity contribution is -0.200. The van der Waals surface area contributed by atoms with E-state index in [9.17, 15) is 10.1 Å². The summed E-state index contributed by atoms with van der Waals surface area (Å²) in [6.07, 6.45) is 12.4. The standard InChI is InChI=1S/C39H56N6O4/c1-4-34(46)45-22-21-44(24-30(45)17-19-40)39(29-13-7-5-6-8-14-29)33-16-18-38(23-28-12-9-11-27(2)32(28)26-49-38)36(47)35(33)41-37(42-39)48-25-31-15-10-20-43(31)3/h4,9,11-12,29-31,33,35,37,41-42H,1,5-8,10,13-18,20-26H2,2-3H3/t30?,31?,33?,35?,37?,38-,39?/m0/s1. The van der Waals surface area contributed by atoms with Crippen LogP contribution in [-0.2, 0) is 32.1 Å². The van der Waals surface area contributed by atoms with Crippen LogP contribution in [0.3, 0.4) is 0 Å². The number of fused-ring (bicyclic) bond motifs is 2. The molecule has 10 nitrogen and oxygen atoms in total. The Hall–Kier alpha value is -2.65. The first-order chi connectivity index (χ1) is 23.8. The Balaban J connectivity index is 1.27. The molecule has 6 aliphatic rings. The summed E-state index contributed by atoms with van der Waals surface area (Å²) < 4.78 is 13.5. The molecule has 49 heavy (non-hydrogen) atoms. The number of nitriles is 1. The number of aryl methyl sites for hydroxylation is 1. The Kier molecular flexibility index (Phi) is 10.3. The first-order valence-electron chi connectivity index (χ1n) is 19.0. The zero-order chi connectivity index (χ0) is 34.2. The first kappa shape index (κ1) is 34.8. The molecular weight excluding hydrogens is 616 g/mol. The molecule has 0 aromatic heterocycles. The van der Waals surface area contributed by atoms with Crippen molar-refractivity contribution in [3.8, 4) is 6.07 Å². The van der Waals surface area contributed by atoms with Gasteiger partial charge in [-0.1, -0.05) is 50.5 Å². The lowest BCUT2D eigenvalue weighted by Crippen LogP contribution is -2.83. The van der Waals surface area contributed by atoms with Gasteiger partial charge in [0.15, 0.2) is 12.1 Å². The summed E-state index contributed by atoms with van der Waals surface area (Å²) in [4.78, 5) is 34.9. The van der Waals surface area contributed by atoms with E-state index < -0.39 is 23.7 Å².